The lowest BCUT2D eigenvalue weighted by molar-refractivity contribution is -0.329. The van der Waals surface area contributed by atoms with Crippen molar-refractivity contribution in [2.24, 2.45) is 5.92 Å². The zero-order valence-corrected chi connectivity index (χ0v) is 8.20. The number of carbonyl (C=O) groups excluding carboxylic acids is 2. The third-order valence-electron chi connectivity index (χ3n) is 2.03. The highest BCUT2D eigenvalue weighted by molar-refractivity contribution is 5.94. The zero-order chi connectivity index (χ0) is 11.3. The van der Waals surface area contributed by atoms with Crippen LogP contribution >= 0.6 is 0 Å². The highest BCUT2D eigenvalue weighted by Gasteiger charge is 2.14. The number of hydrogen-bond acceptors (Lipinski definition) is 4. The van der Waals surface area contributed by atoms with Crippen molar-refractivity contribution in [1.82, 2.24) is 0 Å². The molecule has 78 valence electrons. The summed E-state index contributed by atoms with van der Waals surface area (Å²) in [5.41, 5.74) is 0.892. The number of carboxylic acids is 2. The van der Waals surface area contributed by atoms with Gasteiger partial charge in [-0.05, 0) is 20.3 Å². The monoisotopic (exact) mass is 196 g/mol. The van der Waals surface area contributed by atoms with E-state index in [1.165, 1.54) is 6.92 Å². The first-order valence-corrected chi connectivity index (χ1v) is 4.10. The normalized spacial score (nSPS) is 12.2. The van der Waals surface area contributed by atoms with Crippen LogP contribution in [0.4, 0.5) is 0 Å². The van der Waals surface area contributed by atoms with Crippen molar-refractivity contribution in [3.8, 4) is 0 Å². The highest BCUT2D eigenvalue weighted by Crippen LogP contribution is 2.16. The standard InChI is InChI=1S/C10H14O4/c1-4-5-6(2)7(3)8(9(11)12)10(13)14/h4,8H,1,5H2,2-3H3,(H,11,12)(H,13,14)/p-2/b7-6-. The Morgan fingerprint density at radius 2 is 1.71 bits per heavy atom. The van der Waals surface area contributed by atoms with Crippen molar-refractivity contribution >= 4 is 11.9 Å². The Morgan fingerprint density at radius 3 is 2.00 bits per heavy atom. The second-order valence-electron chi connectivity index (χ2n) is 3.03. The third kappa shape index (κ3) is 3.05. The average Bonchev–Trinajstić information content (AvgIpc) is 2.03. The van der Waals surface area contributed by atoms with Gasteiger partial charge in [-0.25, -0.2) is 0 Å². The maximum atomic E-state index is 10.5. The van der Waals surface area contributed by atoms with Crippen LogP contribution in [-0.4, -0.2) is 11.9 Å². The Labute approximate surface area is 82.6 Å². The molecular weight excluding hydrogens is 184 g/mol. The van der Waals surface area contributed by atoms with E-state index in [1.54, 1.807) is 13.0 Å². The molecule has 0 rings (SSSR count). The van der Waals surface area contributed by atoms with Crippen LogP contribution in [0.1, 0.15) is 20.3 Å². The molecule has 4 heteroatoms. The van der Waals surface area contributed by atoms with Crippen LogP contribution in [0.2, 0.25) is 0 Å². The van der Waals surface area contributed by atoms with Gasteiger partial charge in [0.25, 0.3) is 0 Å². The van der Waals surface area contributed by atoms with Crippen LogP contribution in [0.3, 0.4) is 0 Å². The van der Waals surface area contributed by atoms with Gasteiger partial charge in [-0.15, -0.1) is 6.58 Å². The molecule has 0 aliphatic carbocycles. The van der Waals surface area contributed by atoms with Gasteiger partial charge in [0, 0.05) is 0 Å². The second-order valence-corrected chi connectivity index (χ2v) is 3.03. The number of carbonyl (C=O) groups is 2. The molecule has 0 bridgehead atoms. The van der Waals surface area contributed by atoms with E-state index in [0.717, 1.165) is 0 Å². The van der Waals surface area contributed by atoms with E-state index in [1.807, 2.05) is 0 Å². The van der Waals surface area contributed by atoms with Crippen molar-refractivity contribution in [3.63, 3.8) is 0 Å². The van der Waals surface area contributed by atoms with E-state index in [4.69, 9.17) is 0 Å². The smallest absolute Gasteiger partial charge is 0.0591 e. The van der Waals surface area contributed by atoms with Gasteiger partial charge < -0.3 is 19.8 Å². The van der Waals surface area contributed by atoms with Crippen LogP contribution in [0.25, 0.3) is 0 Å². The van der Waals surface area contributed by atoms with Crippen LogP contribution < -0.4 is 10.2 Å². The molecule has 0 saturated heterocycles. The van der Waals surface area contributed by atoms with Crippen molar-refractivity contribution in [2.45, 2.75) is 20.3 Å². The predicted octanol–water partition coefficient (Wildman–Crippen LogP) is -0.985. The van der Waals surface area contributed by atoms with Crippen LogP contribution in [0, 0.1) is 5.92 Å². The Kier molecular flexibility index (Phi) is 4.63. The molecule has 0 aliphatic rings. The number of allylic oxidation sites excluding steroid dienone is 2. The summed E-state index contributed by atoms with van der Waals surface area (Å²) in [5, 5.41) is 21.0. The average molecular weight is 196 g/mol. The molecule has 0 radical (unpaired) electrons. The maximum absolute atomic E-state index is 10.5. The first kappa shape index (κ1) is 12.4. The summed E-state index contributed by atoms with van der Waals surface area (Å²) < 4.78 is 0. The fourth-order valence-corrected chi connectivity index (χ4v) is 1.07. The molecule has 14 heavy (non-hydrogen) atoms. The van der Waals surface area contributed by atoms with Gasteiger partial charge in [-0.1, -0.05) is 17.2 Å². The SMILES string of the molecule is C=CC/C(C)=C(/C)C(C(=O)[O-])C(=O)[O-]. The number of carboxylic acid groups (broad SMARTS) is 2. The molecule has 0 atom stereocenters. The molecule has 0 saturated carbocycles. The number of hydrogen-bond donors (Lipinski definition) is 0. The molecule has 0 N–H and O–H groups in total. The summed E-state index contributed by atoms with van der Waals surface area (Å²) in [6.45, 7) is 6.56. The van der Waals surface area contributed by atoms with E-state index in [2.05, 4.69) is 6.58 Å². The fraction of sp³-hybridized carbons (Fsp3) is 0.400. The van der Waals surface area contributed by atoms with Crippen molar-refractivity contribution in [1.29, 1.82) is 0 Å². The van der Waals surface area contributed by atoms with Gasteiger partial charge in [0.1, 0.15) is 0 Å². The Bertz CT molecular complexity index is 274. The van der Waals surface area contributed by atoms with Crippen molar-refractivity contribution < 1.29 is 19.8 Å². The third-order valence-corrected chi connectivity index (χ3v) is 2.03. The minimum Gasteiger partial charge on any atom is -0.549 e. The fourth-order valence-electron chi connectivity index (χ4n) is 1.07. The molecule has 0 aromatic heterocycles. The summed E-state index contributed by atoms with van der Waals surface area (Å²) >= 11 is 0. The summed E-state index contributed by atoms with van der Waals surface area (Å²) in [6, 6.07) is 0. The molecule has 0 aliphatic heterocycles. The lowest BCUT2D eigenvalue weighted by atomic mass is 9.95. The first-order valence-electron chi connectivity index (χ1n) is 4.10. The highest BCUT2D eigenvalue weighted by atomic mass is 16.4. The van der Waals surface area contributed by atoms with Crippen LogP contribution in [0.15, 0.2) is 23.8 Å². The number of rotatable bonds is 5. The van der Waals surface area contributed by atoms with Gasteiger partial charge in [-0.3, -0.25) is 0 Å². The minimum atomic E-state index is -1.67. The quantitative estimate of drug-likeness (QED) is 0.418. The molecule has 0 unspecified atom stereocenters. The Morgan fingerprint density at radius 1 is 1.29 bits per heavy atom. The molecule has 0 fully saturated rings. The molecule has 0 spiro atoms. The van der Waals surface area contributed by atoms with Crippen LogP contribution in [0.5, 0.6) is 0 Å². The van der Waals surface area contributed by atoms with Gasteiger partial charge in [-0.2, -0.15) is 0 Å². The molecular formula is C10H12O4-2. The van der Waals surface area contributed by atoms with E-state index in [0.29, 0.717) is 12.0 Å². The summed E-state index contributed by atoms with van der Waals surface area (Å²) in [4.78, 5) is 21.0. The minimum absolute atomic E-state index is 0.241. The summed E-state index contributed by atoms with van der Waals surface area (Å²) in [6.07, 6.45) is 2.02. The van der Waals surface area contributed by atoms with Crippen LogP contribution in [-0.2, 0) is 9.59 Å². The maximum Gasteiger partial charge on any atom is 0.0591 e. The van der Waals surface area contributed by atoms with E-state index >= 15 is 0 Å². The second kappa shape index (κ2) is 5.21. The molecule has 4 nitrogen and oxygen atoms in total. The Balaban J connectivity index is 5.02. The first-order chi connectivity index (χ1) is 6.41. The van der Waals surface area contributed by atoms with Gasteiger partial charge in [0.2, 0.25) is 0 Å². The Hall–Kier alpha value is -1.58. The number of aliphatic carboxylic acids is 2. The van der Waals surface area contributed by atoms with Gasteiger partial charge >= 0.3 is 0 Å². The lowest BCUT2D eigenvalue weighted by Gasteiger charge is -2.21. The molecule has 0 heterocycles. The van der Waals surface area contributed by atoms with Gasteiger partial charge in [0.15, 0.2) is 0 Å². The largest absolute Gasteiger partial charge is 0.549 e. The van der Waals surface area contributed by atoms with E-state index < -0.39 is 17.9 Å². The summed E-state index contributed by atoms with van der Waals surface area (Å²) in [7, 11) is 0. The predicted molar refractivity (Wildman–Crippen MR) is 46.7 cm³/mol. The lowest BCUT2D eigenvalue weighted by Crippen LogP contribution is -2.44. The van der Waals surface area contributed by atoms with Crippen molar-refractivity contribution in [2.75, 3.05) is 0 Å². The molecule has 0 aromatic carbocycles. The van der Waals surface area contributed by atoms with Crippen molar-refractivity contribution in [3.05, 3.63) is 23.8 Å². The van der Waals surface area contributed by atoms with Gasteiger partial charge in [0.05, 0.1) is 17.9 Å². The zero-order valence-electron chi connectivity index (χ0n) is 8.20. The molecule has 0 aromatic rings. The van der Waals surface area contributed by atoms with E-state index in [9.17, 15) is 19.8 Å². The summed E-state index contributed by atoms with van der Waals surface area (Å²) in [5.74, 6) is -4.97. The van der Waals surface area contributed by atoms with E-state index in [-0.39, 0.29) is 5.57 Å². The topological polar surface area (TPSA) is 80.3 Å². The molecule has 0 amide bonds.